The molecule has 5 aromatic rings. The molecule has 59 heavy (non-hydrogen) atoms. The van der Waals surface area contributed by atoms with Crippen LogP contribution in [0.4, 0.5) is 0 Å². The van der Waals surface area contributed by atoms with Crippen molar-refractivity contribution in [1.29, 1.82) is 0 Å². The summed E-state index contributed by atoms with van der Waals surface area (Å²) >= 11 is 6.84. The van der Waals surface area contributed by atoms with Crippen LogP contribution in [0.25, 0.3) is 0 Å². The summed E-state index contributed by atoms with van der Waals surface area (Å²) in [5, 5.41) is 14.6. The van der Waals surface area contributed by atoms with Crippen molar-refractivity contribution in [3.63, 3.8) is 0 Å². The first kappa shape index (κ1) is 42.5. The van der Waals surface area contributed by atoms with Crippen LogP contribution in [0.3, 0.4) is 0 Å². The van der Waals surface area contributed by atoms with Crippen molar-refractivity contribution in [1.82, 2.24) is 0 Å². The van der Waals surface area contributed by atoms with Crippen molar-refractivity contribution in [2.75, 3.05) is 13.2 Å². The van der Waals surface area contributed by atoms with Gasteiger partial charge in [-0.1, -0.05) is 196 Å². The number of halogens is 1. The molecule has 2 aliphatic rings. The third-order valence-corrected chi connectivity index (χ3v) is 17.0. The molecule has 2 aliphatic heterocycles. The van der Waals surface area contributed by atoms with Crippen molar-refractivity contribution in [2.24, 2.45) is 0 Å². The van der Waals surface area contributed by atoms with Crippen LogP contribution in [-0.2, 0) is 29.0 Å². The number of benzene rings is 5. The van der Waals surface area contributed by atoms with Crippen LogP contribution in [0.2, 0.25) is 5.04 Å². The molecule has 306 valence electrons. The third kappa shape index (κ3) is 9.57. The second kappa shape index (κ2) is 19.2. The van der Waals surface area contributed by atoms with Crippen molar-refractivity contribution in [3.8, 4) is 0 Å². The summed E-state index contributed by atoms with van der Waals surface area (Å²) in [4.78, 5) is 13.9. The zero-order chi connectivity index (χ0) is 41.3. The Morgan fingerprint density at radius 1 is 0.729 bits per heavy atom. The van der Waals surface area contributed by atoms with E-state index in [1.165, 1.54) is 0 Å². The minimum Gasteiger partial charge on any atom is -0.459 e. The number of carbonyl (C=O) groups excluding carboxylic acids is 1. The lowest BCUT2D eigenvalue weighted by Gasteiger charge is -2.43. The van der Waals surface area contributed by atoms with Crippen LogP contribution >= 0.6 is 11.6 Å². The van der Waals surface area contributed by atoms with Gasteiger partial charge in [-0.3, -0.25) is 4.79 Å². The van der Waals surface area contributed by atoms with Crippen molar-refractivity contribution < 1.29 is 28.5 Å². The molecule has 1 saturated heterocycles. The number of fused-ring (bicyclic) bond motifs is 2. The fourth-order valence-electron chi connectivity index (χ4n) is 8.72. The Labute approximate surface area is 355 Å². The lowest BCUT2D eigenvalue weighted by atomic mass is 9.80. The van der Waals surface area contributed by atoms with E-state index in [9.17, 15) is 9.90 Å². The first-order valence-corrected chi connectivity index (χ1v) is 23.0. The summed E-state index contributed by atoms with van der Waals surface area (Å²) in [5.41, 5.74) is 2.56. The summed E-state index contributed by atoms with van der Waals surface area (Å²) in [6, 6.07) is 51.4. The Bertz CT molecular complexity index is 2020. The number of allylic oxidation sites excluding steroid dienone is 3. The van der Waals surface area contributed by atoms with E-state index in [-0.39, 0.29) is 30.8 Å². The van der Waals surface area contributed by atoms with E-state index in [1.807, 2.05) is 103 Å². The van der Waals surface area contributed by atoms with Gasteiger partial charge in [-0.2, -0.15) is 0 Å². The lowest BCUT2D eigenvalue weighted by Crippen LogP contribution is -2.66. The summed E-state index contributed by atoms with van der Waals surface area (Å²) in [6.45, 7) is 6.95. The molecule has 1 N–H and O–H groups in total. The minimum absolute atomic E-state index is 0.138. The van der Waals surface area contributed by atoms with Gasteiger partial charge in [0, 0.05) is 11.5 Å². The van der Waals surface area contributed by atoms with E-state index in [0.29, 0.717) is 36.3 Å². The predicted octanol–water partition coefficient (Wildman–Crippen LogP) is 9.63. The SMILES string of the molecule is CC(C)(C)[Si](OC/C1=C/C/C=C(\Cl)CC[C@@H]2C[C@@H](OC(=O)C[C@@H]1O)[C@@H](COC(c1ccccc1)(c1ccccc1)c1ccccc1)O2)(c1ccccc1)c1ccccc1. The molecule has 5 aromatic carbocycles. The summed E-state index contributed by atoms with van der Waals surface area (Å²) in [5.74, 6) is -0.501. The van der Waals surface area contributed by atoms with Gasteiger partial charge < -0.3 is 23.7 Å². The molecule has 0 spiro atoms. The van der Waals surface area contributed by atoms with E-state index < -0.39 is 38.2 Å². The lowest BCUT2D eigenvalue weighted by molar-refractivity contribution is -0.157. The number of ether oxygens (including phenoxy) is 3. The van der Waals surface area contributed by atoms with E-state index in [4.69, 9.17) is 30.2 Å². The number of hydrogen-bond acceptors (Lipinski definition) is 6. The highest BCUT2D eigenvalue weighted by atomic mass is 35.5. The monoisotopic (exact) mass is 826 g/mol. The smallest absolute Gasteiger partial charge is 0.309 e. The molecule has 0 unspecified atom stereocenters. The zero-order valence-electron chi connectivity index (χ0n) is 34.2. The summed E-state index contributed by atoms with van der Waals surface area (Å²) in [7, 11) is -2.94. The molecule has 8 heteroatoms. The third-order valence-electron chi connectivity index (χ3n) is 11.6. The molecule has 2 heterocycles. The first-order chi connectivity index (χ1) is 28.6. The Kier molecular flexibility index (Phi) is 13.8. The van der Waals surface area contributed by atoms with Gasteiger partial charge in [-0.15, -0.1) is 0 Å². The number of esters is 1. The maximum absolute atomic E-state index is 13.9. The van der Waals surface area contributed by atoms with Gasteiger partial charge in [-0.05, 0) is 56.9 Å². The maximum atomic E-state index is 13.9. The summed E-state index contributed by atoms with van der Waals surface area (Å²) < 4.78 is 27.3. The molecule has 4 atom stereocenters. The van der Waals surface area contributed by atoms with Crippen molar-refractivity contribution in [3.05, 3.63) is 191 Å². The van der Waals surface area contributed by atoms with E-state index >= 15 is 0 Å². The van der Waals surface area contributed by atoms with Crippen LogP contribution in [0.5, 0.6) is 0 Å². The molecule has 7 rings (SSSR count). The second-order valence-electron chi connectivity index (χ2n) is 16.5. The highest BCUT2D eigenvalue weighted by Crippen LogP contribution is 2.42. The normalized spacial score (nSPS) is 22.6. The molecule has 2 bridgehead atoms. The standard InChI is InChI=1S/C51H55ClO6Si/c1-50(2,3)59(44-28-15-7-16-29-44,45-30-17-8-18-31-45)56-36-38-20-19-27-42(52)32-33-43-34-47(58-49(54)35-46(38)53)48(57-43)37-55-51(39-21-9-4-10-22-39,40-23-11-5-12-24-40)41-25-13-6-14-26-41/h4-18,20-31,43,46-48,53H,19,32-37H2,1-3H3/b38-20-,42-27-/t43-,46+,47-,48-/m1/s1. The van der Waals surface area contributed by atoms with Crippen LogP contribution in [0.1, 0.15) is 69.6 Å². The Morgan fingerprint density at radius 3 is 1.71 bits per heavy atom. The van der Waals surface area contributed by atoms with Crippen molar-refractivity contribution >= 4 is 36.3 Å². The van der Waals surface area contributed by atoms with E-state index in [2.05, 4.69) is 81.4 Å². The molecule has 0 amide bonds. The van der Waals surface area contributed by atoms with Crippen LogP contribution in [-0.4, -0.2) is 57.0 Å². The molecule has 0 aliphatic carbocycles. The number of aliphatic hydroxyl groups excluding tert-OH is 1. The fourth-order valence-corrected chi connectivity index (χ4v) is 13.5. The average molecular weight is 828 g/mol. The quantitative estimate of drug-likeness (QED) is 0.0619. The number of hydrogen-bond donors (Lipinski definition) is 1. The number of rotatable bonds is 11. The number of aliphatic hydroxyl groups is 1. The van der Waals surface area contributed by atoms with Crippen LogP contribution < -0.4 is 10.4 Å². The topological polar surface area (TPSA) is 74.2 Å². The molecular formula is C51H55ClO6Si. The highest BCUT2D eigenvalue weighted by Gasteiger charge is 2.50. The number of carbonyl (C=O) groups is 1. The largest absolute Gasteiger partial charge is 0.459 e. The van der Waals surface area contributed by atoms with Gasteiger partial charge in [-0.25, -0.2) is 0 Å². The molecule has 6 nitrogen and oxygen atoms in total. The van der Waals surface area contributed by atoms with Gasteiger partial charge in [0.1, 0.15) is 17.8 Å². The van der Waals surface area contributed by atoms with Gasteiger partial charge in [0.15, 0.2) is 0 Å². The van der Waals surface area contributed by atoms with Gasteiger partial charge >= 0.3 is 5.97 Å². The van der Waals surface area contributed by atoms with Gasteiger partial charge in [0.2, 0.25) is 0 Å². The predicted molar refractivity (Wildman–Crippen MR) is 238 cm³/mol. The van der Waals surface area contributed by atoms with Gasteiger partial charge in [0.25, 0.3) is 8.32 Å². The Balaban J connectivity index is 1.15. The van der Waals surface area contributed by atoms with Crippen LogP contribution in [0.15, 0.2) is 174 Å². The Morgan fingerprint density at radius 2 is 1.22 bits per heavy atom. The zero-order valence-corrected chi connectivity index (χ0v) is 36.0. The first-order valence-electron chi connectivity index (χ1n) is 20.7. The van der Waals surface area contributed by atoms with E-state index in [0.717, 1.165) is 27.1 Å². The summed E-state index contributed by atoms with van der Waals surface area (Å²) in [6.07, 6.45) is 3.46. The molecular weight excluding hydrogens is 772 g/mol. The van der Waals surface area contributed by atoms with Crippen molar-refractivity contribution in [2.45, 2.75) is 87.9 Å². The van der Waals surface area contributed by atoms with E-state index in [1.54, 1.807) is 0 Å². The van der Waals surface area contributed by atoms with Crippen LogP contribution in [0, 0.1) is 0 Å². The Hall–Kier alpha value is -4.60. The molecule has 1 fully saturated rings. The second-order valence-corrected chi connectivity index (χ2v) is 21.3. The fraction of sp³-hybridized carbons (Fsp3) is 0.314. The average Bonchev–Trinajstić information content (AvgIpc) is 3.64. The maximum Gasteiger partial charge on any atom is 0.309 e. The highest BCUT2D eigenvalue weighted by molar-refractivity contribution is 6.99. The minimum atomic E-state index is -2.94. The molecule has 0 saturated carbocycles. The molecule has 0 aromatic heterocycles. The van der Waals surface area contributed by atoms with Gasteiger partial charge in [0.05, 0.1) is 31.8 Å². The molecule has 0 radical (unpaired) electrons.